The average molecular weight is 226 g/mol. The maximum absolute atomic E-state index is 10.9. The lowest BCUT2D eigenvalue weighted by Gasteiger charge is -2.06. The van der Waals surface area contributed by atoms with E-state index in [0.717, 1.165) is 16.2 Å². The minimum atomic E-state index is -0.214. The topological polar surface area (TPSA) is 35.5 Å². The van der Waals surface area contributed by atoms with Crippen molar-refractivity contribution in [1.82, 2.24) is 0 Å². The van der Waals surface area contributed by atoms with Crippen molar-refractivity contribution in [3.05, 3.63) is 23.8 Å². The molecule has 0 aliphatic rings. The molecule has 0 saturated heterocycles. The zero-order chi connectivity index (χ0) is 11.3. The van der Waals surface area contributed by atoms with E-state index < -0.39 is 0 Å². The van der Waals surface area contributed by atoms with Crippen LogP contribution in [0.4, 0.5) is 0 Å². The maximum Gasteiger partial charge on any atom is 0.315 e. The van der Waals surface area contributed by atoms with Gasteiger partial charge < -0.3 is 9.47 Å². The van der Waals surface area contributed by atoms with Gasteiger partial charge in [0.1, 0.15) is 5.75 Å². The molecule has 15 heavy (non-hydrogen) atoms. The van der Waals surface area contributed by atoms with Crippen molar-refractivity contribution in [3.8, 4) is 5.75 Å². The van der Waals surface area contributed by atoms with E-state index >= 15 is 0 Å². The summed E-state index contributed by atoms with van der Waals surface area (Å²) in [4.78, 5) is 12.0. The molecule has 1 rings (SSSR count). The van der Waals surface area contributed by atoms with Crippen LogP contribution in [0.1, 0.15) is 5.56 Å². The molecule has 0 aromatic heterocycles. The number of benzene rings is 1. The van der Waals surface area contributed by atoms with Crippen LogP contribution in [0.25, 0.3) is 0 Å². The molecule has 0 saturated carbocycles. The lowest BCUT2D eigenvalue weighted by atomic mass is 10.2. The SMILES string of the molecule is COC(=O)CSc1ccc(OC)c(C)c1. The second-order valence-corrected chi connectivity index (χ2v) is 4.04. The first kappa shape index (κ1) is 11.9. The van der Waals surface area contributed by atoms with E-state index in [9.17, 15) is 4.79 Å². The van der Waals surface area contributed by atoms with Crippen molar-refractivity contribution >= 4 is 17.7 Å². The van der Waals surface area contributed by atoms with Crippen molar-refractivity contribution in [1.29, 1.82) is 0 Å². The fourth-order valence-electron chi connectivity index (χ4n) is 1.14. The lowest BCUT2D eigenvalue weighted by molar-refractivity contribution is -0.137. The highest BCUT2D eigenvalue weighted by molar-refractivity contribution is 8.00. The van der Waals surface area contributed by atoms with E-state index in [0.29, 0.717) is 5.75 Å². The molecule has 82 valence electrons. The minimum absolute atomic E-state index is 0.214. The van der Waals surface area contributed by atoms with Crippen molar-refractivity contribution in [2.24, 2.45) is 0 Å². The van der Waals surface area contributed by atoms with Crippen LogP contribution in [0.2, 0.25) is 0 Å². The zero-order valence-electron chi connectivity index (χ0n) is 9.07. The first-order valence-electron chi connectivity index (χ1n) is 4.51. The Kier molecular flexibility index (Phi) is 4.49. The van der Waals surface area contributed by atoms with Gasteiger partial charge in [0.05, 0.1) is 20.0 Å². The molecule has 0 aliphatic carbocycles. The molecule has 0 unspecified atom stereocenters. The van der Waals surface area contributed by atoms with Gasteiger partial charge in [-0.25, -0.2) is 0 Å². The van der Waals surface area contributed by atoms with Crippen molar-refractivity contribution in [2.75, 3.05) is 20.0 Å². The Hall–Kier alpha value is -1.16. The van der Waals surface area contributed by atoms with Gasteiger partial charge in [-0.1, -0.05) is 0 Å². The van der Waals surface area contributed by atoms with Crippen LogP contribution in [0.15, 0.2) is 23.1 Å². The Labute approximate surface area is 93.8 Å². The van der Waals surface area contributed by atoms with E-state index in [1.807, 2.05) is 25.1 Å². The number of aryl methyl sites for hydroxylation is 1. The maximum atomic E-state index is 10.9. The number of esters is 1. The average Bonchev–Trinajstić information content (AvgIpc) is 2.26. The molecule has 4 heteroatoms. The number of carbonyl (C=O) groups is 1. The smallest absolute Gasteiger partial charge is 0.315 e. The molecule has 0 amide bonds. The van der Waals surface area contributed by atoms with Crippen LogP contribution in [0, 0.1) is 6.92 Å². The molecule has 0 heterocycles. The molecule has 0 spiro atoms. The van der Waals surface area contributed by atoms with E-state index in [1.165, 1.54) is 18.9 Å². The van der Waals surface area contributed by atoms with E-state index in [4.69, 9.17) is 4.74 Å². The second kappa shape index (κ2) is 5.66. The molecule has 1 aromatic carbocycles. The van der Waals surface area contributed by atoms with Crippen LogP contribution in [-0.4, -0.2) is 25.9 Å². The molecule has 3 nitrogen and oxygen atoms in total. The molecule has 0 aliphatic heterocycles. The predicted octanol–water partition coefficient (Wildman–Crippen LogP) is 2.27. The lowest BCUT2D eigenvalue weighted by Crippen LogP contribution is -2.02. The van der Waals surface area contributed by atoms with Crippen LogP contribution in [0.5, 0.6) is 5.75 Å². The van der Waals surface area contributed by atoms with Crippen LogP contribution in [-0.2, 0) is 9.53 Å². The molecule has 0 fully saturated rings. The minimum Gasteiger partial charge on any atom is -0.496 e. The first-order valence-corrected chi connectivity index (χ1v) is 5.50. The number of hydrogen-bond acceptors (Lipinski definition) is 4. The van der Waals surface area contributed by atoms with Gasteiger partial charge in [-0.15, -0.1) is 11.8 Å². The summed E-state index contributed by atoms with van der Waals surface area (Å²) >= 11 is 1.46. The first-order chi connectivity index (χ1) is 7.17. The Morgan fingerprint density at radius 3 is 2.67 bits per heavy atom. The fourth-order valence-corrected chi connectivity index (χ4v) is 1.97. The summed E-state index contributed by atoms with van der Waals surface area (Å²) in [6, 6.07) is 5.82. The van der Waals surface area contributed by atoms with Crippen molar-refractivity contribution in [2.45, 2.75) is 11.8 Å². The molecule has 0 bridgehead atoms. The summed E-state index contributed by atoms with van der Waals surface area (Å²) < 4.78 is 9.71. The van der Waals surface area contributed by atoms with Gasteiger partial charge in [0.25, 0.3) is 0 Å². The van der Waals surface area contributed by atoms with Gasteiger partial charge in [-0.05, 0) is 30.7 Å². The van der Waals surface area contributed by atoms with Crippen molar-refractivity contribution in [3.63, 3.8) is 0 Å². The van der Waals surface area contributed by atoms with E-state index in [2.05, 4.69) is 4.74 Å². The van der Waals surface area contributed by atoms with Gasteiger partial charge in [0, 0.05) is 4.90 Å². The van der Waals surface area contributed by atoms with Gasteiger partial charge in [-0.3, -0.25) is 4.79 Å². The monoisotopic (exact) mass is 226 g/mol. The third kappa shape index (κ3) is 3.47. The highest BCUT2D eigenvalue weighted by atomic mass is 32.2. The fraction of sp³-hybridized carbons (Fsp3) is 0.364. The summed E-state index contributed by atoms with van der Waals surface area (Å²) in [6.45, 7) is 1.97. The van der Waals surface area contributed by atoms with Gasteiger partial charge in [0.2, 0.25) is 0 Å². The summed E-state index contributed by atoms with van der Waals surface area (Å²) in [6.07, 6.45) is 0. The predicted molar refractivity (Wildman–Crippen MR) is 60.5 cm³/mol. The van der Waals surface area contributed by atoms with E-state index in [-0.39, 0.29) is 5.97 Å². The Morgan fingerprint density at radius 2 is 2.13 bits per heavy atom. The largest absolute Gasteiger partial charge is 0.496 e. The molecule has 0 N–H and O–H groups in total. The Bertz CT molecular complexity index is 350. The van der Waals surface area contributed by atoms with Crippen LogP contribution < -0.4 is 4.74 Å². The Balaban J connectivity index is 2.63. The number of rotatable bonds is 4. The summed E-state index contributed by atoms with van der Waals surface area (Å²) in [5.41, 5.74) is 1.06. The number of hydrogen-bond donors (Lipinski definition) is 0. The van der Waals surface area contributed by atoms with E-state index in [1.54, 1.807) is 7.11 Å². The molecule has 1 aromatic rings. The zero-order valence-corrected chi connectivity index (χ0v) is 9.89. The number of thioether (sulfide) groups is 1. The highest BCUT2D eigenvalue weighted by Gasteiger charge is 2.04. The third-order valence-electron chi connectivity index (χ3n) is 1.95. The normalized spacial score (nSPS) is 9.80. The van der Waals surface area contributed by atoms with Gasteiger partial charge in [-0.2, -0.15) is 0 Å². The summed E-state index contributed by atoms with van der Waals surface area (Å²) in [7, 11) is 3.03. The van der Waals surface area contributed by atoms with Crippen LogP contribution >= 0.6 is 11.8 Å². The highest BCUT2D eigenvalue weighted by Crippen LogP contribution is 2.25. The third-order valence-corrected chi connectivity index (χ3v) is 2.92. The molecule has 0 radical (unpaired) electrons. The molecule has 0 atom stereocenters. The molecular weight excluding hydrogens is 212 g/mol. The number of ether oxygens (including phenoxy) is 2. The second-order valence-electron chi connectivity index (χ2n) is 3.00. The van der Waals surface area contributed by atoms with Gasteiger partial charge in [0.15, 0.2) is 0 Å². The summed E-state index contributed by atoms with van der Waals surface area (Å²) in [5.74, 6) is 0.980. The van der Waals surface area contributed by atoms with Gasteiger partial charge >= 0.3 is 5.97 Å². The van der Waals surface area contributed by atoms with Crippen LogP contribution in [0.3, 0.4) is 0 Å². The quantitative estimate of drug-likeness (QED) is 0.583. The number of carbonyl (C=O) groups excluding carboxylic acids is 1. The Morgan fingerprint density at radius 1 is 1.40 bits per heavy atom. The molecular formula is C11H14O3S. The van der Waals surface area contributed by atoms with Crippen molar-refractivity contribution < 1.29 is 14.3 Å². The summed E-state index contributed by atoms with van der Waals surface area (Å²) in [5, 5.41) is 0. The standard InChI is InChI=1S/C11H14O3S/c1-8-6-9(4-5-10(8)13-2)15-7-11(12)14-3/h4-6H,7H2,1-3H3. The number of methoxy groups -OCH3 is 2.